The first-order chi connectivity index (χ1) is 9.47. The number of ether oxygens (including phenoxy) is 1. The topological polar surface area (TPSA) is 97.6 Å². The van der Waals surface area contributed by atoms with Crippen molar-refractivity contribution < 1.29 is 23.1 Å². The number of carboxylic acids is 1. The third-order valence-corrected chi connectivity index (χ3v) is 3.67. The summed E-state index contributed by atoms with van der Waals surface area (Å²) in [6.45, 7) is -0.478. The maximum absolute atomic E-state index is 12.0. The predicted molar refractivity (Wildman–Crippen MR) is 70.6 cm³/mol. The SMILES string of the molecule is O=C(O)COc1ccc(S(=O)(=O)Nn2cccc2)cc1. The van der Waals surface area contributed by atoms with Gasteiger partial charge in [0.15, 0.2) is 6.61 Å². The zero-order valence-corrected chi connectivity index (χ0v) is 11.1. The number of aromatic nitrogens is 1. The molecule has 0 aliphatic heterocycles. The van der Waals surface area contributed by atoms with E-state index in [9.17, 15) is 13.2 Å². The molecule has 106 valence electrons. The number of carboxylic acid groups (broad SMARTS) is 1. The smallest absolute Gasteiger partial charge is 0.341 e. The molecule has 2 N–H and O–H groups in total. The van der Waals surface area contributed by atoms with Crippen molar-refractivity contribution in [3.8, 4) is 5.75 Å². The lowest BCUT2D eigenvalue weighted by molar-refractivity contribution is -0.139. The van der Waals surface area contributed by atoms with E-state index in [1.807, 2.05) is 0 Å². The maximum Gasteiger partial charge on any atom is 0.341 e. The second-order valence-electron chi connectivity index (χ2n) is 3.84. The van der Waals surface area contributed by atoms with E-state index in [4.69, 9.17) is 9.84 Å². The van der Waals surface area contributed by atoms with Crippen molar-refractivity contribution in [2.45, 2.75) is 4.90 Å². The molecule has 2 rings (SSSR count). The number of carbonyl (C=O) groups is 1. The van der Waals surface area contributed by atoms with Crippen LogP contribution in [0, 0.1) is 0 Å². The molecule has 0 fully saturated rings. The molecule has 1 aromatic carbocycles. The zero-order chi connectivity index (χ0) is 14.6. The Balaban J connectivity index is 2.10. The summed E-state index contributed by atoms with van der Waals surface area (Å²) < 4.78 is 30.3. The Morgan fingerprint density at radius 3 is 2.35 bits per heavy atom. The van der Waals surface area contributed by atoms with Crippen LogP contribution >= 0.6 is 0 Å². The molecule has 0 amide bonds. The summed E-state index contributed by atoms with van der Waals surface area (Å²) in [5.41, 5.74) is 0. The van der Waals surface area contributed by atoms with Crippen molar-refractivity contribution in [1.29, 1.82) is 0 Å². The van der Waals surface area contributed by atoms with Crippen molar-refractivity contribution in [2.75, 3.05) is 11.4 Å². The van der Waals surface area contributed by atoms with Crippen molar-refractivity contribution in [2.24, 2.45) is 0 Å². The van der Waals surface area contributed by atoms with Crippen molar-refractivity contribution in [3.63, 3.8) is 0 Å². The van der Waals surface area contributed by atoms with Crippen LogP contribution in [0.2, 0.25) is 0 Å². The van der Waals surface area contributed by atoms with Gasteiger partial charge in [0, 0.05) is 12.4 Å². The van der Waals surface area contributed by atoms with Gasteiger partial charge in [-0.2, -0.15) is 8.42 Å². The van der Waals surface area contributed by atoms with Crippen LogP contribution in [0.5, 0.6) is 5.75 Å². The number of nitrogens with one attached hydrogen (secondary N) is 1. The quantitative estimate of drug-likeness (QED) is 0.824. The summed E-state index contributed by atoms with van der Waals surface area (Å²) in [5.74, 6) is -0.816. The first-order valence-corrected chi connectivity index (χ1v) is 7.06. The average molecular weight is 296 g/mol. The van der Waals surface area contributed by atoms with Gasteiger partial charge in [-0.05, 0) is 36.4 Å². The van der Waals surface area contributed by atoms with Crippen LogP contribution in [0.25, 0.3) is 0 Å². The summed E-state index contributed by atoms with van der Waals surface area (Å²) in [6, 6.07) is 8.84. The highest BCUT2D eigenvalue weighted by molar-refractivity contribution is 7.92. The van der Waals surface area contributed by atoms with Crippen LogP contribution < -0.4 is 9.57 Å². The minimum absolute atomic E-state index is 0.0499. The van der Waals surface area contributed by atoms with Crippen LogP contribution in [0.15, 0.2) is 53.7 Å². The largest absolute Gasteiger partial charge is 0.482 e. The average Bonchev–Trinajstić information content (AvgIpc) is 2.89. The molecule has 20 heavy (non-hydrogen) atoms. The zero-order valence-electron chi connectivity index (χ0n) is 10.3. The number of hydrogen-bond donors (Lipinski definition) is 2. The minimum Gasteiger partial charge on any atom is -0.482 e. The van der Waals surface area contributed by atoms with E-state index in [1.54, 1.807) is 24.5 Å². The predicted octanol–water partition coefficient (Wildman–Crippen LogP) is 0.884. The molecular weight excluding hydrogens is 284 g/mol. The Labute approximate surface area is 115 Å². The van der Waals surface area contributed by atoms with Gasteiger partial charge in [-0.25, -0.2) is 9.63 Å². The second-order valence-corrected chi connectivity index (χ2v) is 5.50. The molecule has 0 radical (unpaired) electrons. The van der Waals surface area contributed by atoms with E-state index in [1.165, 1.54) is 28.9 Å². The highest BCUT2D eigenvalue weighted by Crippen LogP contribution is 2.16. The van der Waals surface area contributed by atoms with Gasteiger partial charge >= 0.3 is 5.97 Å². The summed E-state index contributed by atoms with van der Waals surface area (Å²) in [5, 5.41) is 8.47. The Kier molecular flexibility index (Phi) is 3.94. The van der Waals surface area contributed by atoms with Crippen molar-refractivity contribution in [1.82, 2.24) is 4.68 Å². The summed E-state index contributed by atoms with van der Waals surface area (Å²) >= 11 is 0. The number of hydrogen-bond acceptors (Lipinski definition) is 4. The van der Waals surface area contributed by atoms with Crippen LogP contribution in [-0.4, -0.2) is 30.8 Å². The molecule has 1 aromatic heterocycles. The lowest BCUT2D eigenvalue weighted by Gasteiger charge is -2.09. The second kappa shape index (κ2) is 5.66. The lowest BCUT2D eigenvalue weighted by atomic mass is 10.3. The van der Waals surface area contributed by atoms with Gasteiger partial charge in [0.05, 0.1) is 4.90 Å². The van der Waals surface area contributed by atoms with E-state index in [2.05, 4.69) is 4.83 Å². The van der Waals surface area contributed by atoms with E-state index in [0.717, 1.165) is 0 Å². The molecule has 0 saturated heterocycles. The Hall–Kier alpha value is -2.48. The van der Waals surface area contributed by atoms with E-state index < -0.39 is 22.6 Å². The number of aliphatic carboxylic acids is 1. The van der Waals surface area contributed by atoms with Crippen molar-refractivity contribution >= 4 is 16.0 Å². The van der Waals surface area contributed by atoms with Crippen molar-refractivity contribution in [3.05, 3.63) is 48.8 Å². The number of sulfonamides is 1. The number of rotatable bonds is 6. The first kappa shape index (κ1) is 13.9. The normalized spacial score (nSPS) is 11.0. The molecule has 7 nitrogen and oxygen atoms in total. The molecule has 0 unspecified atom stereocenters. The summed E-state index contributed by atoms with van der Waals surface area (Å²) in [7, 11) is -3.69. The van der Waals surface area contributed by atoms with Crippen LogP contribution in [-0.2, 0) is 14.8 Å². The Morgan fingerprint density at radius 1 is 1.20 bits per heavy atom. The van der Waals surface area contributed by atoms with Gasteiger partial charge in [0.1, 0.15) is 5.75 Å². The molecule has 0 saturated carbocycles. The van der Waals surface area contributed by atoms with Gasteiger partial charge in [0.2, 0.25) is 0 Å². The van der Waals surface area contributed by atoms with Gasteiger partial charge in [-0.1, -0.05) is 0 Å². The molecule has 0 aliphatic rings. The molecule has 1 heterocycles. The fraction of sp³-hybridized carbons (Fsp3) is 0.0833. The lowest BCUT2D eigenvalue weighted by Crippen LogP contribution is -2.21. The molecule has 0 aliphatic carbocycles. The molecule has 2 aromatic rings. The van der Waals surface area contributed by atoms with Crippen LogP contribution in [0.4, 0.5) is 0 Å². The highest BCUT2D eigenvalue weighted by atomic mass is 32.2. The molecule has 0 spiro atoms. The summed E-state index contributed by atoms with van der Waals surface area (Å²) in [4.78, 5) is 12.7. The van der Waals surface area contributed by atoms with E-state index in [0.29, 0.717) is 0 Å². The third-order valence-electron chi connectivity index (χ3n) is 2.33. The maximum atomic E-state index is 12.0. The fourth-order valence-electron chi connectivity index (χ4n) is 1.45. The highest BCUT2D eigenvalue weighted by Gasteiger charge is 2.13. The summed E-state index contributed by atoms with van der Waals surface area (Å²) in [6.07, 6.45) is 3.11. The third kappa shape index (κ3) is 3.51. The van der Waals surface area contributed by atoms with E-state index in [-0.39, 0.29) is 10.6 Å². The number of nitrogens with zero attached hydrogens (tertiary/aromatic N) is 1. The van der Waals surface area contributed by atoms with E-state index >= 15 is 0 Å². The molecule has 0 atom stereocenters. The number of benzene rings is 1. The van der Waals surface area contributed by atoms with Gasteiger partial charge in [-0.15, -0.1) is 0 Å². The fourth-order valence-corrected chi connectivity index (χ4v) is 2.45. The first-order valence-electron chi connectivity index (χ1n) is 5.58. The Bertz CT molecular complexity index is 677. The Morgan fingerprint density at radius 2 is 1.80 bits per heavy atom. The van der Waals surface area contributed by atoms with Crippen LogP contribution in [0.3, 0.4) is 0 Å². The van der Waals surface area contributed by atoms with Crippen LogP contribution in [0.1, 0.15) is 0 Å². The van der Waals surface area contributed by atoms with Gasteiger partial charge in [-0.3, -0.25) is 4.68 Å². The molecular formula is C12H12N2O5S. The van der Waals surface area contributed by atoms with Gasteiger partial charge in [0.25, 0.3) is 10.0 Å². The minimum atomic E-state index is -3.69. The molecule has 0 bridgehead atoms. The molecule has 8 heteroatoms. The van der Waals surface area contributed by atoms with Gasteiger partial charge < -0.3 is 9.84 Å². The standard InChI is InChI=1S/C12H12N2O5S/c15-12(16)9-19-10-3-5-11(6-4-10)20(17,18)13-14-7-1-2-8-14/h1-8,13H,9H2,(H,15,16). The monoisotopic (exact) mass is 296 g/mol.